The minimum absolute atomic E-state index is 0.126. The van der Waals surface area contributed by atoms with Crippen molar-refractivity contribution in [3.63, 3.8) is 0 Å². The van der Waals surface area contributed by atoms with Crippen molar-refractivity contribution in [2.45, 2.75) is 38.6 Å². The van der Waals surface area contributed by atoms with Crippen molar-refractivity contribution in [3.05, 3.63) is 23.8 Å². The third-order valence-corrected chi connectivity index (χ3v) is 4.11. The van der Waals surface area contributed by atoms with E-state index in [0.717, 1.165) is 31.4 Å². The Balaban J connectivity index is 1.86. The van der Waals surface area contributed by atoms with Crippen LogP contribution in [-0.4, -0.2) is 43.7 Å². The van der Waals surface area contributed by atoms with Crippen molar-refractivity contribution in [1.29, 1.82) is 0 Å². The van der Waals surface area contributed by atoms with E-state index in [9.17, 15) is 4.79 Å². The molecule has 2 N–H and O–H groups in total. The van der Waals surface area contributed by atoms with E-state index in [1.165, 1.54) is 0 Å². The SMILES string of the molecule is COc1cc(C)ccc1OCCC(=O)N1CCCC[C@H]1CN. The maximum absolute atomic E-state index is 12.3. The highest BCUT2D eigenvalue weighted by atomic mass is 16.5. The number of carbonyl (C=O) groups is 1. The number of benzene rings is 1. The molecule has 5 nitrogen and oxygen atoms in total. The second-order valence-corrected chi connectivity index (χ2v) is 5.73. The lowest BCUT2D eigenvalue weighted by molar-refractivity contribution is -0.135. The molecule has 1 aliphatic heterocycles. The molecule has 0 bridgehead atoms. The largest absolute Gasteiger partial charge is 0.493 e. The van der Waals surface area contributed by atoms with Crippen LogP contribution in [0.25, 0.3) is 0 Å². The van der Waals surface area contributed by atoms with Gasteiger partial charge in [-0.25, -0.2) is 0 Å². The first kappa shape index (κ1) is 16.6. The molecule has 1 amide bonds. The summed E-state index contributed by atoms with van der Waals surface area (Å²) in [5, 5.41) is 0. The Labute approximate surface area is 132 Å². The number of nitrogens with zero attached hydrogens (tertiary/aromatic N) is 1. The molecule has 0 saturated carbocycles. The molecule has 1 heterocycles. The van der Waals surface area contributed by atoms with Crippen molar-refractivity contribution < 1.29 is 14.3 Å². The van der Waals surface area contributed by atoms with Gasteiger partial charge in [-0.1, -0.05) is 6.07 Å². The average Bonchev–Trinajstić information content (AvgIpc) is 2.55. The normalized spacial score (nSPS) is 18.1. The Bertz CT molecular complexity index is 505. The molecule has 22 heavy (non-hydrogen) atoms. The number of rotatable bonds is 6. The third kappa shape index (κ3) is 4.13. The van der Waals surface area contributed by atoms with Crippen LogP contribution in [0.5, 0.6) is 11.5 Å². The molecule has 1 aliphatic rings. The molecule has 2 rings (SSSR count). The number of hydrogen-bond donors (Lipinski definition) is 1. The van der Waals surface area contributed by atoms with Gasteiger partial charge in [0.15, 0.2) is 11.5 Å². The summed E-state index contributed by atoms with van der Waals surface area (Å²) in [6.07, 6.45) is 3.60. The predicted molar refractivity (Wildman–Crippen MR) is 86.2 cm³/mol. The van der Waals surface area contributed by atoms with Crippen molar-refractivity contribution in [2.75, 3.05) is 26.8 Å². The summed E-state index contributed by atoms with van der Waals surface area (Å²) in [5.41, 5.74) is 6.87. The fourth-order valence-corrected chi connectivity index (χ4v) is 2.86. The van der Waals surface area contributed by atoms with Crippen LogP contribution in [0.15, 0.2) is 18.2 Å². The van der Waals surface area contributed by atoms with Crippen LogP contribution in [0.1, 0.15) is 31.2 Å². The van der Waals surface area contributed by atoms with E-state index in [0.29, 0.717) is 31.1 Å². The van der Waals surface area contributed by atoms with Crippen molar-refractivity contribution in [2.24, 2.45) is 5.73 Å². The Morgan fingerprint density at radius 1 is 1.36 bits per heavy atom. The molecule has 1 saturated heterocycles. The first-order chi connectivity index (χ1) is 10.7. The van der Waals surface area contributed by atoms with Gasteiger partial charge in [0.1, 0.15) is 0 Å². The second-order valence-electron chi connectivity index (χ2n) is 5.73. The molecule has 122 valence electrons. The number of hydrogen-bond acceptors (Lipinski definition) is 4. The van der Waals surface area contributed by atoms with Gasteiger partial charge in [0.2, 0.25) is 5.91 Å². The van der Waals surface area contributed by atoms with E-state index in [1.54, 1.807) is 7.11 Å². The lowest BCUT2D eigenvalue weighted by Crippen LogP contribution is -2.47. The number of nitrogens with two attached hydrogens (primary N) is 1. The summed E-state index contributed by atoms with van der Waals surface area (Å²) in [5.74, 6) is 1.50. The molecule has 0 aromatic heterocycles. The quantitative estimate of drug-likeness (QED) is 0.874. The molecule has 1 fully saturated rings. The number of methoxy groups -OCH3 is 1. The zero-order valence-corrected chi connectivity index (χ0v) is 13.5. The smallest absolute Gasteiger partial charge is 0.226 e. The highest BCUT2D eigenvalue weighted by Crippen LogP contribution is 2.28. The average molecular weight is 306 g/mol. The molecule has 0 unspecified atom stereocenters. The Hall–Kier alpha value is -1.75. The van der Waals surface area contributed by atoms with Crippen molar-refractivity contribution >= 4 is 5.91 Å². The van der Waals surface area contributed by atoms with E-state index in [4.69, 9.17) is 15.2 Å². The van der Waals surface area contributed by atoms with E-state index in [1.807, 2.05) is 30.0 Å². The van der Waals surface area contributed by atoms with E-state index in [-0.39, 0.29) is 11.9 Å². The van der Waals surface area contributed by atoms with Gasteiger partial charge in [-0.3, -0.25) is 4.79 Å². The predicted octanol–water partition coefficient (Wildman–Crippen LogP) is 2.11. The lowest BCUT2D eigenvalue weighted by Gasteiger charge is -2.35. The van der Waals surface area contributed by atoms with Gasteiger partial charge < -0.3 is 20.1 Å². The van der Waals surface area contributed by atoms with Crippen LogP contribution >= 0.6 is 0 Å². The van der Waals surface area contributed by atoms with Crippen LogP contribution in [-0.2, 0) is 4.79 Å². The Kier molecular flexibility index (Phi) is 6.07. The molecule has 0 radical (unpaired) electrons. The first-order valence-corrected chi connectivity index (χ1v) is 7.92. The zero-order chi connectivity index (χ0) is 15.9. The summed E-state index contributed by atoms with van der Waals surface area (Å²) in [4.78, 5) is 14.2. The summed E-state index contributed by atoms with van der Waals surface area (Å²) < 4.78 is 11.0. The molecular formula is C17H26N2O3. The van der Waals surface area contributed by atoms with E-state index in [2.05, 4.69) is 0 Å². The number of amides is 1. The monoisotopic (exact) mass is 306 g/mol. The molecule has 0 spiro atoms. The first-order valence-electron chi connectivity index (χ1n) is 7.92. The van der Waals surface area contributed by atoms with E-state index >= 15 is 0 Å². The van der Waals surface area contributed by atoms with Gasteiger partial charge in [-0.2, -0.15) is 0 Å². The Morgan fingerprint density at radius 3 is 2.91 bits per heavy atom. The second kappa shape index (κ2) is 8.03. The van der Waals surface area contributed by atoms with Crippen molar-refractivity contribution in [3.8, 4) is 11.5 Å². The van der Waals surface area contributed by atoms with Gasteiger partial charge in [-0.05, 0) is 43.9 Å². The number of aryl methyl sites for hydroxylation is 1. The van der Waals surface area contributed by atoms with Crippen LogP contribution in [0, 0.1) is 6.92 Å². The minimum atomic E-state index is 0.126. The number of ether oxygens (including phenoxy) is 2. The number of piperidine rings is 1. The molecular weight excluding hydrogens is 280 g/mol. The Morgan fingerprint density at radius 2 is 2.18 bits per heavy atom. The summed E-state index contributed by atoms with van der Waals surface area (Å²) in [6, 6.07) is 5.96. The summed E-state index contributed by atoms with van der Waals surface area (Å²) in [7, 11) is 1.62. The van der Waals surface area contributed by atoms with Gasteiger partial charge in [0.05, 0.1) is 20.1 Å². The van der Waals surface area contributed by atoms with Crippen LogP contribution in [0.2, 0.25) is 0 Å². The highest BCUT2D eigenvalue weighted by molar-refractivity contribution is 5.76. The topological polar surface area (TPSA) is 64.8 Å². The minimum Gasteiger partial charge on any atom is -0.493 e. The molecule has 1 aromatic carbocycles. The van der Waals surface area contributed by atoms with Crippen molar-refractivity contribution in [1.82, 2.24) is 4.90 Å². The summed E-state index contributed by atoms with van der Waals surface area (Å²) in [6.45, 7) is 3.71. The highest BCUT2D eigenvalue weighted by Gasteiger charge is 2.25. The van der Waals surface area contributed by atoms with Gasteiger partial charge in [0, 0.05) is 19.1 Å². The van der Waals surface area contributed by atoms with Gasteiger partial charge in [-0.15, -0.1) is 0 Å². The fourth-order valence-electron chi connectivity index (χ4n) is 2.86. The lowest BCUT2D eigenvalue weighted by atomic mass is 10.0. The maximum Gasteiger partial charge on any atom is 0.226 e. The zero-order valence-electron chi connectivity index (χ0n) is 13.5. The van der Waals surface area contributed by atoms with Crippen LogP contribution in [0.4, 0.5) is 0 Å². The molecule has 1 aromatic rings. The fraction of sp³-hybridized carbons (Fsp3) is 0.588. The molecule has 5 heteroatoms. The maximum atomic E-state index is 12.3. The number of carbonyl (C=O) groups excluding carboxylic acids is 1. The van der Waals surface area contributed by atoms with Crippen LogP contribution in [0.3, 0.4) is 0 Å². The molecule has 0 aliphatic carbocycles. The summed E-state index contributed by atoms with van der Waals surface area (Å²) >= 11 is 0. The van der Waals surface area contributed by atoms with Crippen LogP contribution < -0.4 is 15.2 Å². The number of likely N-dealkylation sites (tertiary alicyclic amines) is 1. The van der Waals surface area contributed by atoms with Gasteiger partial charge in [0.25, 0.3) is 0 Å². The third-order valence-electron chi connectivity index (χ3n) is 4.11. The van der Waals surface area contributed by atoms with Gasteiger partial charge >= 0.3 is 0 Å². The molecule has 1 atom stereocenters. The standard InChI is InChI=1S/C17H26N2O3/c1-13-6-7-15(16(11-13)21-2)22-10-8-17(20)19-9-4-3-5-14(19)12-18/h6-7,11,14H,3-5,8-10,12,18H2,1-2H3/t14-/m0/s1. The van der Waals surface area contributed by atoms with E-state index < -0.39 is 0 Å².